The number of carboxylic acids is 1. The van der Waals surface area contributed by atoms with E-state index in [2.05, 4.69) is 6.07 Å². The summed E-state index contributed by atoms with van der Waals surface area (Å²) in [5, 5.41) is 10.4. The van der Waals surface area contributed by atoms with Crippen LogP contribution in [0, 0.1) is 0 Å². The van der Waals surface area contributed by atoms with Crippen LogP contribution in [0.5, 0.6) is 0 Å². The smallest absolute Gasteiger partial charge is 0.319 e. The second-order valence-electron chi connectivity index (χ2n) is 5.79. The first-order valence-corrected chi connectivity index (χ1v) is 7.76. The lowest BCUT2D eigenvalue weighted by Crippen LogP contribution is -2.26. The average Bonchev–Trinajstić information content (AvgIpc) is 2.76. The number of furan rings is 1. The van der Waals surface area contributed by atoms with Crippen LogP contribution in [-0.4, -0.2) is 15.8 Å². The van der Waals surface area contributed by atoms with Crippen molar-refractivity contribution in [1.82, 2.24) is 0 Å². The van der Waals surface area contributed by atoms with E-state index in [1.165, 1.54) is 30.2 Å². The van der Waals surface area contributed by atoms with Crippen molar-refractivity contribution >= 4 is 28.7 Å². The van der Waals surface area contributed by atoms with E-state index < -0.39 is 10.7 Å². The number of aryl methyl sites for hydroxylation is 2. The van der Waals surface area contributed by atoms with Gasteiger partial charge < -0.3 is 9.52 Å². The predicted octanol–water partition coefficient (Wildman–Crippen LogP) is 4.27. The van der Waals surface area contributed by atoms with Gasteiger partial charge in [0.2, 0.25) is 0 Å². The highest BCUT2D eigenvalue weighted by Crippen LogP contribution is 2.38. The third kappa shape index (κ3) is 2.33. The Bertz CT molecular complexity index is 670. The van der Waals surface area contributed by atoms with Crippen LogP contribution in [0.4, 0.5) is 0 Å². The number of hydrogen-bond acceptors (Lipinski definition) is 3. The molecule has 20 heavy (non-hydrogen) atoms. The molecule has 4 heteroatoms. The van der Waals surface area contributed by atoms with E-state index in [1.807, 2.05) is 12.1 Å². The van der Waals surface area contributed by atoms with E-state index >= 15 is 0 Å². The number of rotatable bonds is 3. The van der Waals surface area contributed by atoms with Gasteiger partial charge in [-0.2, -0.15) is 0 Å². The van der Waals surface area contributed by atoms with Gasteiger partial charge in [0.15, 0.2) is 0 Å². The lowest BCUT2D eigenvalue weighted by molar-refractivity contribution is -0.138. The first-order chi connectivity index (χ1) is 9.47. The SMILES string of the molecule is CC(C)(Sc1ccc2oc3c(c2c1)CCCC3)C(=O)O. The fraction of sp³-hybridized carbons (Fsp3) is 0.438. The highest BCUT2D eigenvalue weighted by molar-refractivity contribution is 8.01. The van der Waals surface area contributed by atoms with Gasteiger partial charge in [0.25, 0.3) is 0 Å². The number of carbonyl (C=O) groups is 1. The summed E-state index contributed by atoms with van der Waals surface area (Å²) >= 11 is 1.38. The van der Waals surface area contributed by atoms with Gasteiger partial charge in [-0.1, -0.05) is 0 Å². The number of carboxylic acid groups (broad SMARTS) is 1. The van der Waals surface area contributed by atoms with Gasteiger partial charge in [-0.3, -0.25) is 4.79 Å². The summed E-state index contributed by atoms with van der Waals surface area (Å²) in [7, 11) is 0. The Kier molecular flexibility index (Phi) is 3.28. The maximum absolute atomic E-state index is 11.2. The number of benzene rings is 1. The molecule has 1 aliphatic carbocycles. The maximum Gasteiger partial charge on any atom is 0.319 e. The van der Waals surface area contributed by atoms with Crippen LogP contribution < -0.4 is 0 Å². The van der Waals surface area contributed by atoms with Gasteiger partial charge in [0.1, 0.15) is 16.1 Å². The lowest BCUT2D eigenvalue weighted by atomic mass is 9.96. The largest absolute Gasteiger partial charge is 0.480 e. The monoisotopic (exact) mass is 290 g/mol. The summed E-state index contributed by atoms with van der Waals surface area (Å²) < 4.78 is 5.08. The average molecular weight is 290 g/mol. The molecule has 2 aromatic rings. The number of hydrogen-bond donors (Lipinski definition) is 1. The Morgan fingerprint density at radius 2 is 2.05 bits per heavy atom. The zero-order valence-electron chi connectivity index (χ0n) is 11.7. The highest BCUT2D eigenvalue weighted by atomic mass is 32.2. The highest BCUT2D eigenvalue weighted by Gasteiger charge is 2.29. The summed E-state index contributed by atoms with van der Waals surface area (Å²) in [5.41, 5.74) is 2.25. The van der Waals surface area contributed by atoms with Crippen molar-refractivity contribution < 1.29 is 14.3 Å². The van der Waals surface area contributed by atoms with Crippen molar-refractivity contribution in [2.45, 2.75) is 49.2 Å². The van der Waals surface area contributed by atoms with Gasteiger partial charge in [-0.15, -0.1) is 11.8 Å². The first-order valence-electron chi connectivity index (χ1n) is 6.94. The van der Waals surface area contributed by atoms with E-state index in [0.29, 0.717) is 0 Å². The molecule has 1 heterocycles. The summed E-state index contributed by atoms with van der Waals surface area (Å²) in [6.45, 7) is 3.46. The zero-order chi connectivity index (χ0) is 14.3. The maximum atomic E-state index is 11.2. The molecule has 0 radical (unpaired) electrons. The second-order valence-corrected chi connectivity index (χ2v) is 7.48. The lowest BCUT2D eigenvalue weighted by Gasteiger charge is -2.18. The zero-order valence-corrected chi connectivity index (χ0v) is 12.5. The van der Waals surface area contributed by atoms with Gasteiger partial charge >= 0.3 is 5.97 Å². The van der Waals surface area contributed by atoms with E-state index in [9.17, 15) is 9.90 Å². The van der Waals surface area contributed by atoms with Gasteiger partial charge in [-0.25, -0.2) is 0 Å². The third-order valence-electron chi connectivity index (χ3n) is 3.81. The van der Waals surface area contributed by atoms with Crippen molar-refractivity contribution in [3.05, 3.63) is 29.5 Å². The fourth-order valence-electron chi connectivity index (χ4n) is 2.64. The molecule has 1 aromatic heterocycles. The summed E-state index contributed by atoms with van der Waals surface area (Å²) in [5.74, 6) is 0.322. The first kappa shape index (κ1) is 13.6. The van der Waals surface area contributed by atoms with Crippen molar-refractivity contribution in [2.75, 3.05) is 0 Å². The van der Waals surface area contributed by atoms with Crippen LogP contribution in [0.1, 0.15) is 38.0 Å². The van der Waals surface area contributed by atoms with Crippen molar-refractivity contribution in [3.8, 4) is 0 Å². The Balaban J connectivity index is 2.00. The predicted molar refractivity (Wildman–Crippen MR) is 80.4 cm³/mol. The molecule has 0 unspecified atom stereocenters. The number of aliphatic carboxylic acids is 1. The van der Waals surface area contributed by atoms with Gasteiger partial charge in [0.05, 0.1) is 0 Å². The summed E-state index contributed by atoms with van der Waals surface area (Å²) in [6, 6.07) is 6.00. The Morgan fingerprint density at radius 3 is 2.80 bits per heavy atom. The van der Waals surface area contributed by atoms with Crippen LogP contribution in [0.3, 0.4) is 0 Å². The van der Waals surface area contributed by atoms with Crippen LogP contribution >= 0.6 is 11.8 Å². The Morgan fingerprint density at radius 1 is 1.30 bits per heavy atom. The van der Waals surface area contributed by atoms with E-state index in [-0.39, 0.29) is 0 Å². The molecule has 0 fully saturated rings. The quantitative estimate of drug-likeness (QED) is 0.858. The molecule has 106 valence electrons. The van der Waals surface area contributed by atoms with Crippen molar-refractivity contribution in [2.24, 2.45) is 0 Å². The molecule has 3 nitrogen and oxygen atoms in total. The van der Waals surface area contributed by atoms with E-state index in [1.54, 1.807) is 13.8 Å². The van der Waals surface area contributed by atoms with E-state index in [4.69, 9.17) is 4.42 Å². The number of thioether (sulfide) groups is 1. The van der Waals surface area contributed by atoms with Crippen LogP contribution in [0.25, 0.3) is 11.0 Å². The molecule has 1 N–H and O–H groups in total. The van der Waals surface area contributed by atoms with E-state index in [0.717, 1.165) is 34.5 Å². The molecule has 0 bridgehead atoms. The van der Waals surface area contributed by atoms with Crippen LogP contribution in [-0.2, 0) is 17.6 Å². The van der Waals surface area contributed by atoms with Crippen molar-refractivity contribution in [3.63, 3.8) is 0 Å². The minimum atomic E-state index is -0.822. The molecule has 0 spiro atoms. The molecule has 3 rings (SSSR count). The topological polar surface area (TPSA) is 50.4 Å². The molecule has 0 saturated carbocycles. The second kappa shape index (κ2) is 4.85. The molecular formula is C16H18O3S. The molecular weight excluding hydrogens is 272 g/mol. The van der Waals surface area contributed by atoms with Crippen LogP contribution in [0.2, 0.25) is 0 Å². The molecule has 0 amide bonds. The Labute approximate surface area is 122 Å². The molecule has 0 aliphatic heterocycles. The van der Waals surface area contributed by atoms with Crippen molar-refractivity contribution in [1.29, 1.82) is 0 Å². The minimum absolute atomic E-state index is 0.795. The molecule has 1 aliphatic rings. The van der Waals surface area contributed by atoms with Gasteiger partial charge in [0, 0.05) is 22.3 Å². The molecule has 0 atom stereocenters. The number of fused-ring (bicyclic) bond motifs is 3. The molecule has 0 saturated heterocycles. The van der Waals surface area contributed by atoms with Crippen LogP contribution in [0.15, 0.2) is 27.5 Å². The summed E-state index contributed by atoms with van der Waals surface area (Å²) in [6.07, 6.45) is 4.49. The fourth-order valence-corrected chi connectivity index (χ4v) is 3.63. The normalized spacial score (nSPS) is 15.3. The Hall–Kier alpha value is -1.42. The molecule has 1 aromatic carbocycles. The minimum Gasteiger partial charge on any atom is -0.480 e. The van der Waals surface area contributed by atoms with Gasteiger partial charge in [-0.05, 0) is 51.3 Å². The standard InChI is InChI=1S/C16H18O3S/c1-16(2,15(17)18)20-10-7-8-14-12(9-10)11-5-3-4-6-13(11)19-14/h7-9H,3-6H2,1-2H3,(H,17,18). The third-order valence-corrected chi connectivity index (χ3v) is 4.99. The summed E-state index contributed by atoms with van der Waals surface area (Å²) in [4.78, 5) is 12.2.